The molecule has 0 atom stereocenters. The minimum absolute atomic E-state index is 0.0452. The third-order valence-electron chi connectivity index (χ3n) is 3.54. The predicted molar refractivity (Wildman–Crippen MR) is 78.9 cm³/mol. The zero-order valence-electron chi connectivity index (χ0n) is 12.0. The summed E-state index contributed by atoms with van der Waals surface area (Å²) in [6, 6.07) is 7.43. The summed E-state index contributed by atoms with van der Waals surface area (Å²) < 4.78 is 4.98. The van der Waals surface area contributed by atoms with Gasteiger partial charge in [0.15, 0.2) is 0 Å². The SMILES string of the molecule is Cc1nc(-c2cccc(NC(=O)N3CCCCC3)c2)no1. The Morgan fingerprint density at radius 3 is 2.81 bits per heavy atom. The summed E-state index contributed by atoms with van der Waals surface area (Å²) in [6.07, 6.45) is 3.36. The average molecular weight is 286 g/mol. The second kappa shape index (κ2) is 5.95. The van der Waals surface area contributed by atoms with Crippen LogP contribution in [0.25, 0.3) is 11.4 Å². The van der Waals surface area contributed by atoms with Crippen LogP contribution in [-0.2, 0) is 0 Å². The zero-order chi connectivity index (χ0) is 14.7. The topological polar surface area (TPSA) is 71.3 Å². The number of benzene rings is 1. The third-order valence-corrected chi connectivity index (χ3v) is 3.54. The number of aryl methyl sites for hydroxylation is 1. The predicted octanol–water partition coefficient (Wildman–Crippen LogP) is 3.06. The van der Waals surface area contributed by atoms with E-state index in [4.69, 9.17) is 4.52 Å². The van der Waals surface area contributed by atoms with Crippen molar-refractivity contribution in [3.8, 4) is 11.4 Å². The van der Waals surface area contributed by atoms with E-state index in [-0.39, 0.29) is 6.03 Å². The number of nitrogens with zero attached hydrogens (tertiary/aromatic N) is 3. The van der Waals surface area contributed by atoms with E-state index >= 15 is 0 Å². The highest BCUT2D eigenvalue weighted by Crippen LogP contribution is 2.20. The highest BCUT2D eigenvalue weighted by molar-refractivity contribution is 5.90. The van der Waals surface area contributed by atoms with Crippen molar-refractivity contribution in [3.05, 3.63) is 30.2 Å². The normalized spacial score (nSPS) is 15.0. The minimum atomic E-state index is -0.0452. The van der Waals surface area contributed by atoms with Gasteiger partial charge in [-0.2, -0.15) is 4.98 Å². The van der Waals surface area contributed by atoms with Crippen LogP contribution in [0.4, 0.5) is 10.5 Å². The average Bonchev–Trinajstić information content (AvgIpc) is 2.95. The Morgan fingerprint density at radius 1 is 1.29 bits per heavy atom. The van der Waals surface area contributed by atoms with E-state index in [0.717, 1.165) is 37.2 Å². The fourth-order valence-electron chi connectivity index (χ4n) is 2.45. The first kappa shape index (κ1) is 13.6. The van der Waals surface area contributed by atoms with Gasteiger partial charge in [-0.3, -0.25) is 0 Å². The number of anilines is 1. The first-order chi connectivity index (χ1) is 10.2. The molecule has 1 saturated heterocycles. The van der Waals surface area contributed by atoms with E-state index in [0.29, 0.717) is 11.7 Å². The van der Waals surface area contributed by atoms with Crippen molar-refractivity contribution in [2.75, 3.05) is 18.4 Å². The smallest absolute Gasteiger partial charge is 0.321 e. The number of carbonyl (C=O) groups is 1. The summed E-state index contributed by atoms with van der Waals surface area (Å²) in [5.74, 6) is 1.05. The molecule has 1 aromatic carbocycles. The molecule has 21 heavy (non-hydrogen) atoms. The molecular weight excluding hydrogens is 268 g/mol. The molecule has 0 saturated carbocycles. The van der Waals surface area contributed by atoms with E-state index in [1.54, 1.807) is 6.92 Å². The Bertz CT molecular complexity index is 632. The summed E-state index contributed by atoms with van der Waals surface area (Å²) in [6.45, 7) is 3.41. The van der Waals surface area contributed by atoms with E-state index < -0.39 is 0 Å². The number of urea groups is 1. The van der Waals surface area contributed by atoms with Gasteiger partial charge in [0, 0.05) is 31.3 Å². The van der Waals surface area contributed by atoms with Crippen molar-refractivity contribution in [1.82, 2.24) is 15.0 Å². The lowest BCUT2D eigenvalue weighted by atomic mass is 10.1. The van der Waals surface area contributed by atoms with Gasteiger partial charge in [0.1, 0.15) is 0 Å². The summed E-state index contributed by atoms with van der Waals surface area (Å²) in [5, 5.41) is 6.82. The molecule has 0 unspecified atom stereocenters. The second-order valence-electron chi connectivity index (χ2n) is 5.20. The fourth-order valence-corrected chi connectivity index (χ4v) is 2.45. The molecule has 6 heteroatoms. The van der Waals surface area contributed by atoms with E-state index in [2.05, 4.69) is 15.5 Å². The second-order valence-corrected chi connectivity index (χ2v) is 5.20. The van der Waals surface area contributed by atoms with Crippen LogP contribution in [0.5, 0.6) is 0 Å². The number of hydrogen-bond donors (Lipinski definition) is 1. The van der Waals surface area contributed by atoms with Gasteiger partial charge in [-0.15, -0.1) is 0 Å². The molecule has 0 spiro atoms. The molecule has 2 aromatic rings. The summed E-state index contributed by atoms with van der Waals surface area (Å²) in [4.78, 5) is 18.2. The maximum absolute atomic E-state index is 12.2. The van der Waals surface area contributed by atoms with Gasteiger partial charge in [-0.25, -0.2) is 4.79 Å². The standard InChI is InChI=1S/C15H18N4O2/c1-11-16-14(18-21-11)12-6-5-7-13(10-12)17-15(20)19-8-3-2-4-9-19/h5-7,10H,2-4,8-9H2,1H3,(H,17,20). The molecule has 0 aliphatic carbocycles. The van der Waals surface area contributed by atoms with Crippen LogP contribution in [0.3, 0.4) is 0 Å². The Morgan fingerprint density at radius 2 is 2.10 bits per heavy atom. The number of amides is 2. The Balaban J connectivity index is 1.72. The quantitative estimate of drug-likeness (QED) is 0.921. The van der Waals surface area contributed by atoms with Crippen LogP contribution >= 0.6 is 0 Å². The summed E-state index contributed by atoms with van der Waals surface area (Å²) in [5.41, 5.74) is 1.56. The molecule has 6 nitrogen and oxygen atoms in total. The number of hydrogen-bond acceptors (Lipinski definition) is 4. The highest BCUT2D eigenvalue weighted by Gasteiger charge is 2.16. The van der Waals surface area contributed by atoms with Crippen molar-refractivity contribution in [1.29, 1.82) is 0 Å². The van der Waals surface area contributed by atoms with E-state index in [1.807, 2.05) is 29.2 Å². The lowest BCUT2D eigenvalue weighted by molar-refractivity contribution is 0.200. The Labute approximate surface area is 123 Å². The summed E-state index contributed by atoms with van der Waals surface area (Å²) in [7, 11) is 0. The monoisotopic (exact) mass is 286 g/mol. The molecule has 3 rings (SSSR count). The van der Waals surface area contributed by atoms with Crippen molar-refractivity contribution < 1.29 is 9.32 Å². The molecule has 0 radical (unpaired) electrons. The van der Waals surface area contributed by atoms with Gasteiger partial charge < -0.3 is 14.7 Å². The summed E-state index contributed by atoms with van der Waals surface area (Å²) >= 11 is 0. The zero-order valence-corrected chi connectivity index (χ0v) is 12.0. The van der Waals surface area contributed by atoms with Crippen molar-refractivity contribution in [3.63, 3.8) is 0 Å². The maximum Gasteiger partial charge on any atom is 0.321 e. The van der Waals surface area contributed by atoms with Crippen molar-refractivity contribution >= 4 is 11.7 Å². The van der Waals surface area contributed by atoms with Crippen LogP contribution in [0.2, 0.25) is 0 Å². The number of aromatic nitrogens is 2. The molecule has 110 valence electrons. The molecule has 1 aliphatic heterocycles. The molecule has 2 heterocycles. The largest absolute Gasteiger partial charge is 0.339 e. The number of carbonyl (C=O) groups excluding carboxylic acids is 1. The van der Waals surface area contributed by atoms with E-state index in [9.17, 15) is 4.79 Å². The number of piperidine rings is 1. The van der Waals surface area contributed by atoms with Crippen LogP contribution < -0.4 is 5.32 Å². The molecule has 1 fully saturated rings. The van der Waals surface area contributed by atoms with Gasteiger partial charge >= 0.3 is 6.03 Å². The van der Waals surface area contributed by atoms with Crippen molar-refractivity contribution in [2.45, 2.75) is 26.2 Å². The lowest BCUT2D eigenvalue weighted by Gasteiger charge is -2.26. The van der Waals surface area contributed by atoms with Crippen LogP contribution in [0.1, 0.15) is 25.2 Å². The fraction of sp³-hybridized carbons (Fsp3) is 0.400. The van der Waals surface area contributed by atoms with Crippen LogP contribution in [0.15, 0.2) is 28.8 Å². The highest BCUT2D eigenvalue weighted by atomic mass is 16.5. The number of likely N-dealkylation sites (tertiary alicyclic amines) is 1. The Kier molecular flexibility index (Phi) is 3.85. The molecule has 0 bridgehead atoms. The van der Waals surface area contributed by atoms with Crippen LogP contribution in [0, 0.1) is 6.92 Å². The lowest BCUT2D eigenvalue weighted by Crippen LogP contribution is -2.38. The van der Waals surface area contributed by atoms with E-state index in [1.165, 1.54) is 6.42 Å². The van der Waals surface area contributed by atoms with Crippen LogP contribution in [-0.4, -0.2) is 34.2 Å². The first-order valence-electron chi connectivity index (χ1n) is 7.19. The van der Waals surface area contributed by atoms with Gasteiger partial charge in [-0.05, 0) is 31.4 Å². The molecule has 2 amide bonds. The molecule has 1 aliphatic rings. The minimum Gasteiger partial charge on any atom is -0.339 e. The van der Waals surface area contributed by atoms with Gasteiger partial charge in [0.05, 0.1) is 0 Å². The molecule has 1 aromatic heterocycles. The third kappa shape index (κ3) is 3.21. The first-order valence-corrected chi connectivity index (χ1v) is 7.19. The number of rotatable bonds is 2. The maximum atomic E-state index is 12.2. The van der Waals surface area contributed by atoms with Crippen molar-refractivity contribution in [2.24, 2.45) is 0 Å². The molecule has 1 N–H and O–H groups in total. The van der Waals surface area contributed by atoms with Gasteiger partial charge in [-0.1, -0.05) is 17.3 Å². The number of nitrogens with one attached hydrogen (secondary N) is 1. The molecular formula is C15H18N4O2. The van der Waals surface area contributed by atoms with Gasteiger partial charge in [0.2, 0.25) is 11.7 Å². The van der Waals surface area contributed by atoms with Gasteiger partial charge in [0.25, 0.3) is 0 Å². The Hall–Kier alpha value is -2.37.